The number of imidazole rings is 1. The van der Waals surface area contributed by atoms with E-state index in [0.29, 0.717) is 12.2 Å². The number of amides is 1. The standard InChI is InChI=1S/C19H19F3N4O2/c1-26(10-12-5-3-4-6-16(12)28-2)11-17(27)23-13-7-8-14-15(9-13)25-18(24-14)19(20,21)22/h3-9H,10-11H2,1-2H3,(H,23,27)(H,24,25). The van der Waals surface area contributed by atoms with Crippen LogP contribution in [0.3, 0.4) is 0 Å². The number of fused-ring (bicyclic) bond motifs is 1. The van der Waals surface area contributed by atoms with E-state index in [0.717, 1.165) is 11.3 Å². The van der Waals surface area contributed by atoms with Crippen molar-refractivity contribution < 1.29 is 22.7 Å². The average Bonchev–Trinajstić information content (AvgIpc) is 3.05. The highest BCUT2D eigenvalue weighted by Gasteiger charge is 2.34. The lowest BCUT2D eigenvalue weighted by Crippen LogP contribution is -2.29. The normalized spacial score (nSPS) is 11.8. The average molecular weight is 392 g/mol. The van der Waals surface area contributed by atoms with Crippen molar-refractivity contribution in [1.82, 2.24) is 14.9 Å². The monoisotopic (exact) mass is 392 g/mol. The van der Waals surface area contributed by atoms with Crippen molar-refractivity contribution in [1.29, 1.82) is 0 Å². The van der Waals surface area contributed by atoms with Crippen molar-refractivity contribution in [3.05, 3.63) is 53.9 Å². The molecule has 9 heteroatoms. The number of alkyl halides is 3. The molecule has 2 N–H and O–H groups in total. The van der Waals surface area contributed by atoms with Crippen LogP contribution in [0.1, 0.15) is 11.4 Å². The van der Waals surface area contributed by atoms with Gasteiger partial charge in [0.2, 0.25) is 11.7 Å². The van der Waals surface area contributed by atoms with Gasteiger partial charge in [0.15, 0.2) is 0 Å². The number of rotatable bonds is 6. The molecule has 0 saturated heterocycles. The summed E-state index contributed by atoms with van der Waals surface area (Å²) < 4.78 is 43.5. The molecule has 0 atom stereocenters. The first-order valence-electron chi connectivity index (χ1n) is 8.43. The van der Waals surface area contributed by atoms with Crippen LogP contribution in [0, 0.1) is 0 Å². The van der Waals surface area contributed by atoms with E-state index in [2.05, 4.69) is 15.3 Å². The summed E-state index contributed by atoms with van der Waals surface area (Å²) in [6.07, 6.45) is -4.55. The molecule has 1 aromatic heterocycles. The van der Waals surface area contributed by atoms with Crippen molar-refractivity contribution >= 4 is 22.6 Å². The van der Waals surface area contributed by atoms with Crippen LogP contribution in [0.4, 0.5) is 18.9 Å². The summed E-state index contributed by atoms with van der Waals surface area (Å²) in [5, 5.41) is 2.69. The Hall–Kier alpha value is -3.07. The van der Waals surface area contributed by atoms with Crippen molar-refractivity contribution in [2.75, 3.05) is 26.0 Å². The number of nitrogens with zero attached hydrogens (tertiary/aromatic N) is 2. The van der Waals surface area contributed by atoms with E-state index in [1.807, 2.05) is 29.2 Å². The van der Waals surface area contributed by atoms with Gasteiger partial charge in [-0.3, -0.25) is 9.69 Å². The van der Waals surface area contributed by atoms with E-state index in [4.69, 9.17) is 4.74 Å². The number of carbonyl (C=O) groups is 1. The first-order valence-corrected chi connectivity index (χ1v) is 8.43. The number of aromatic nitrogens is 2. The lowest BCUT2D eigenvalue weighted by Gasteiger charge is -2.18. The number of aromatic amines is 1. The maximum atomic E-state index is 12.7. The van der Waals surface area contributed by atoms with Crippen molar-refractivity contribution in [3.63, 3.8) is 0 Å². The number of likely N-dealkylation sites (N-methyl/N-ethyl adjacent to an activating group) is 1. The highest BCUT2D eigenvalue weighted by atomic mass is 19.4. The summed E-state index contributed by atoms with van der Waals surface area (Å²) in [6, 6.07) is 11.9. The highest BCUT2D eigenvalue weighted by Crippen LogP contribution is 2.29. The van der Waals surface area contributed by atoms with Crippen LogP contribution >= 0.6 is 0 Å². The fourth-order valence-electron chi connectivity index (χ4n) is 2.85. The Morgan fingerprint density at radius 3 is 2.71 bits per heavy atom. The molecule has 0 aliphatic heterocycles. The van der Waals surface area contributed by atoms with Gasteiger partial charge in [0.05, 0.1) is 24.7 Å². The maximum absolute atomic E-state index is 12.7. The minimum atomic E-state index is -4.55. The third-order valence-electron chi connectivity index (χ3n) is 4.08. The van der Waals surface area contributed by atoms with Gasteiger partial charge in [0.1, 0.15) is 5.75 Å². The molecular formula is C19H19F3N4O2. The topological polar surface area (TPSA) is 70.2 Å². The van der Waals surface area contributed by atoms with E-state index in [9.17, 15) is 18.0 Å². The van der Waals surface area contributed by atoms with Crippen LogP contribution in [-0.2, 0) is 17.5 Å². The van der Waals surface area contributed by atoms with Gasteiger partial charge in [0, 0.05) is 17.8 Å². The van der Waals surface area contributed by atoms with Gasteiger partial charge < -0.3 is 15.0 Å². The molecule has 6 nitrogen and oxygen atoms in total. The van der Waals surface area contributed by atoms with E-state index in [1.165, 1.54) is 18.2 Å². The fraction of sp³-hybridized carbons (Fsp3) is 0.263. The zero-order chi connectivity index (χ0) is 20.3. The lowest BCUT2D eigenvalue weighted by molar-refractivity contribution is -0.144. The van der Waals surface area contributed by atoms with Crippen molar-refractivity contribution in [3.8, 4) is 5.75 Å². The third kappa shape index (κ3) is 4.61. The Morgan fingerprint density at radius 1 is 1.25 bits per heavy atom. The molecule has 0 spiro atoms. The van der Waals surface area contributed by atoms with E-state index in [1.54, 1.807) is 14.2 Å². The predicted octanol–water partition coefficient (Wildman–Crippen LogP) is 3.66. The van der Waals surface area contributed by atoms with Gasteiger partial charge in [-0.05, 0) is 31.3 Å². The van der Waals surface area contributed by atoms with Gasteiger partial charge in [-0.1, -0.05) is 18.2 Å². The number of hydrogen-bond acceptors (Lipinski definition) is 4. The molecule has 3 aromatic rings. The van der Waals surface area contributed by atoms with E-state index in [-0.39, 0.29) is 23.5 Å². The molecule has 0 radical (unpaired) electrons. The molecule has 0 bridgehead atoms. The van der Waals surface area contributed by atoms with Crippen LogP contribution < -0.4 is 10.1 Å². The molecule has 0 unspecified atom stereocenters. The van der Waals surface area contributed by atoms with E-state index >= 15 is 0 Å². The number of nitrogens with one attached hydrogen (secondary N) is 2. The Morgan fingerprint density at radius 2 is 2.00 bits per heavy atom. The molecule has 0 fully saturated rings. The van der Waals surface area contributed by atoms with Gasteiger partial charge >= 0.3 is 6.18 Å². The van der Waals surface area contributed by atoms with Crippen LogP contribution in [0.25, 0.3) is 11.0 Å². The number of halogens is 3. The number of H-pyrrole nitrogens is 1. The number of methoxy groups -OCH3 is 1. The molecule has 1 amide bonds. The van der Waals surface area contributed by atoms with Crippen LogP contribution in [-0.4, -0.2) is 41.5 Å². The predicted molar refractivity (Wildman–Crippen MR) is 99.1 cm³/mol. The quantitative estimate of drug-likeness (QED) is 0.672. The number of para-hydroxylation sites is 1. The smallest absolute Gasteiger partial charge is 0.449 e. The molecule has 28 heavy (non-hydrogen) atoms. The SMILES string of the molecule is COc1ccccc1CN(C)CC(=O)Nc1ccc2nc(C(F)(F)F)[nH]c2c1. The molecule has 3 rings (SSSR count). The summed E-state index contributed by atoms with van der Waals surface area (Å²) in [6.45, 7) is 0.610. The van der Waals surface area contributed by atoms with Crippen LogP contribution in [0.5, 0.6) is 5.75 Å². The number of carbonyl (C=O) groups excluding carboxylic acids is 1. The summed E-state index contributed by atoms with van der Waals surface area (Å²) in [4.78, 5) is 19.8. The molecule has 2 aromatic carbocycles. The highest BCUT2D eigenvalue weighted by molar-refractivity contribution is 5.94. The Labute approximate surface area is 159 Å². The molecule has 0 aliphatic carbocycles. The second-order valence-corrected chi connectivity index (χ2v) is 6.35. The maximum Gasteiger partial charge on any atom is 0.449 e. The largest absolute Gasteiger partial charge is 0.496 e. The minimum absolute atomic E-state index is 0.104. The van der Waals surface area contributed by atoms with Crippen LogP contribution in [0.15, 0.2) is 42.5 Å². The second kappa shape index (κ2) is 7.89. The van der Waals surface area contributed by atoms with Crippen molar-refractivity contribution in [2.45, 2.75) is 12.7 Å². The summed E-state index contributed by atoms with van der Waals surface area (Å²) in [7, 11) is 3.38. The second-order valence-electron chi connectivity index (χ2n) is 6.35. The first kappa shape index (κ1) is 19.7. The Kier molecular flexibility index (Phi) is 5.55. The van der Waals surface area contributed by atoms with Gasteiger partial charge in [-0.15, -0.1) is 0 Å². The van der Waals surface area contributed by atoms with Gasteiger partial charge in [0.25, 0.3) is 0 Å². The molecular weight excluding hydrogens is 373 g/mol. The summed E-state index contributed by atoms with van der Waals surface area (Å²) >= 11 is 0. The Balaban J connectivity index is 1.64. The number of anilines is 1. The van der Waals surface area contributed by atoms with E-state index < -0.39 is 12.0 Å². The third-order valence-corrected chi connectivity index (χ3v) is 4.08. The molecule has 0 aliphatic rings. The summed E-state index contributed by atoms with van der Waals surface area (Å²) in [5.41, 5.74) is 1.71. The number of benzene rings is 2. The molecule has 148 valence electrons. The van der Waals surface area contributed by atoms with Gasteiger partial charge in [-0.2, -0.15) is 13.2 Å². The minimum Gasteiger partial charge on any atom is -0.496 e. The molecule has 0 saturated carbocycles. The zero-order valence-corrected chi connectivity index (χ0v) is 15.3. The van der Waals surface area contributed by atoms with Crippen LogP contribution in [0.2, 0.25) is 0 Å². The zero-order valence-electron chi connectivity index (χ0n) is 15.3. The van der Waals surface area contributed by atoms with Gasteiger partial charge in [-0.25, -0.2) is 4.98 Å². The summed E-state index contributed by atoms with van der Waals surface area (Å²) in [5.74, 6) is -0.616. The number of hydrogen-bond donors (Lipinski definition) is 2. The van der Waals surface area contributed by atoms with Crippen molar-refractivity contribution in [2.24, 2.45) is 0 Å². The number of ether oxygens (including phenoxy) is 1. The Bertz CT molecular complexity index is 985. The molecule has 1 heterocycles. The first-order chi connectivity index (χ1) is 13.3. The lowest BCUT2D eigenvalue weighted by atomic mass is 10.2. The fourth-order valence-corrected chi connectivity index (χ4v) is 2.85.